The molecule has 3 fully saturated rings. The van der Waals surface area contributed by atoms with Crippen molar-refractivity contribution in [2.24, 2.45) is 17.8 Å². The van der Waals surface area contributed by atoms with E-state index in [1.54, 1.807) is 13.8 Å². The van der Waals surface area contributed by atoms with Crippen LogP contribution < -0.4 is 0 Å². The third kappa shape index (κ3) is 1.92. The number of aliphatic hydroxyl groups excluding tert-OH is 3. The highest BCUT2D eigenvalue weighted by atomic mass is 16.6. The summed E-state index contributed by atoms with van der Waals surface area (Å²) in [5, 5.41) is 66.5. The molecule has 28 heavy (non-hydrogen) atoms. The van der Waals surface area contributed by atoms with Gasteiger partial charge < -0.3 is 35.4 Å². The third-order valence-corrected chi connectivity index (χ3v) is 7.84. The molecule has 0 aromatic rings. The lowest BCUT2D eigenvalue weighted by Gasteiger charge is -2.56. The van der Waals surface area contributed by atoms with Crippen molar-refractivity contribution in [2.75, 3.05) is 6.61 Å². The summed E-state index contributed by atoms with van der Waals surface area (Å²) in [4.78, 5) is 12.8. The topological polar surface area (TPSA) is 151 Å². The van der Waals surface area contributed by atoms with E-state index < -0.39 is 70.9 Å². The molecule has 156 valence electrons. The number of aliphatic hydroxyl groups is 6. The number of rotatable bonds is 2. The van der Waals surface area contributed by atoms with Crippen LogP contribution in [0.3, 0.4) is 0 Å². The highest BCUT2D eigenvalue weighted by molar-refractivity contribution is 6.05. The fraction of sp³-hybridized carbons (Fsp3) is 0.750. The molecule has 10 atom stereocenters. The summed E-state index contributed by atoms with van der Waals surface area (Å²) in [5.41, 5.74) is -7.24. The Morgan fingerprint density at radius 1 is 1.32 bits per heavy atom. The predicted molar refractivity (Wildman–Crippen MR) is 95.9 cm³/mol. The second kappa shape index (κ2) is 5.51. The Labute approximate surface area is 162 Å². The fourth-order valence-electron chi connectivity index (χ4n) is 6.05. The Morgan fingerprint density at radius 2 is 1.93 bits per heavy atom. The fourth-order valence-corrected chi connectivity index (χ4v) is 6.05. The van der Waals surface area contributed by atoms with Crippen LogP contribution in [0.15, 0.2) is 23.8 Å². The van der Waals surface area contributed by atoms with Crippen molar-refractivity contribution in [2.45, 2.75) is 67.9 Å². The average molecular weight is 396 g/mol. The molecule has 6 N–H and O–H groups in total. The molecule has 1 aliphatic heterocycles. The van der Waals surface area contributed by atoms with Gasteiger partial charge in [-0.2, -0.15) is 0 Å². The Hall–Kier alpha value is -1.13. The van der Waals surface area contributed by atoms with Crippen LogP contribution in [-0.2, 0) is 9.53 Å². The van der Waals surface area contributed by atoms with E-state index in [0.29, 0.717) is 5.57 Å². The third-order valence-electron chi connectivity index (χ3n) is 7.84. The molecule has 0 radical (unpaired) electrons. The first-order chi connectivity index (χ1) is 12.8. The van der Waals surface area contributed by atoms with Crippen molar-refractivity contribution in [1.82, 2.24) is 0 Å². The first kappa shape index (κ1) is 20.2. The molecule has 0 bridgehead atoms. The van der Waals surface area contributed by atoms with Gasteiger partial charge in [0.05, 0.1) is 18.3 Å². The number of Topliss-reactive ketones (excluding diaryl/α,β-unsaturated/α-hetero) is 1. The Balaban J connectivity index is 1.97. The molecule has 4 aliphatic rings. The number of ketones is 1. The largest absolute Gasteiger partial charge is 0.393 e. The van der Waals surface area contributed by atoms with Crippen LogP contribution in [0.2, 0.25) is 0 Å². The normalized spacial score (nSPS) is 57.6. The minimum Gasteiger partial charge on any atom is -0.393 e. The minimum atomic E-state index is -2.41. The smallest absolute Gasteiger partial charge is 0.193 e. The zero-order valence-corrected chi connectivity index (χ0v) is 16.2. The molecule has 0 spiro atoms. The molecule has 8 heteroatoms. The predicted octanol–water partition coefficient (Wildman–Crippen LogP) is -1.58. The van der Waals surface area contributed by atoms with E-state index in [1.807, 2.05) is 0 Å². The van der Waals surface area contributed by atoms with Crippen molar-refractivity contribution < 1.29 is 40.2 Å². The van der Waals surface area contributed by atoms with Crippen LogP contribution in [0, 0.1) is 17.8 Å². The van der Waals surface area contributed by atoms with Crippen LogP contribution >= 0.6 is 0 Å². The van der Waals surface area contributed by atoms with Gasteiger partial charge in [-0.3, -0.25) is 4.79 Å². The molecule has 2 saturated carbocycles. The van der Waals surface area contributed by atoms with Crippen LogP contribution in [0.5, 0.6) is 0 Å². The van der Waals surface area contributed by atoms with Gasteiger partial charge in [0, 0.05) is 11.8 Å². The standard InChI is InChI=1S/C20H28O8/c1-8(2)17(25)6-10(4)19(26)11-5-9(3)13(22)20(11,27)16(24)18(7-21)15(28-18)12(19)14(17)23/h5,10-12,14-16,21,23-27H,1,6-7H2,2-4H3. The van der Waals surface area contributed by atoms with Gasteiger partial charge >= 0.3 is 0 Å². The summed E-state index contributed by atoms with van der Waals surface area (Å²) in [6.07, 6.45) is -3.05. The van der Waals surface area contributed by atoms with Crippen molar-refractivity contribution in [1.29, 1.82) is 0 Å². The van der Waals surface area contributed by atoms with E-state index in [9.17, 15) is 35.4 Å². The number of epoxide rings is 1. The summed E-state index contributed by atoms with van der Waals surface area (Å²) < 4.78 is 5.59. The Bertz CT molecular complexity index is 793. The molecule has 0 aromatic heterocycles. The molecule has 1 saturated heterocycles. The monoisotopic (exact) mass is 396 g/mol. The molecule has 10 unspecified atom stereocenters. The quantitative estimate of drug-likeness (QED) is 0.242. The maximum atomic E-state index is 12.8. The van der Waals surface area contributed by atoms with Gasteiger partial charge in [0.15, 0.2) is 11.4 Å². The van der Waals surface area contributed by atoms with Gasteiger partial charge in [0.2, 0.25) is 0 Å². The number of carbonyl (C=O) groups is 1. The van der Waals surface area contributed by atoms with Crippen LogP contribution in [0.1, 0.15) is 27.2 Å². The van der Waals surface area contributed by atoms with E-state index >= 15 is 0 Å². The van der Waals surface area contributed by atoms with Gasteiger partial charge in [-0.05, 0) is 37.3 Å². The second-order valence-corrected chi connectivity index (χ2v) is 9.20. The van der Waals surface area contributed by atoms with Gasteiger partial charge in [0.25, 0.3) is 0 Å². The van der Waals surface area contributed by atoms with Crippen LogP contribution in [0.4, 0.5) is 0 Å². The highest BCUT2D eigenvalue weighted by Gasteiger charge is 2.82. The van der Waals surface area contributed by atoms with Gasteiger partial charge in [-0.15, -0.1) is 0 Å². The van der Waals surface area contributed by atoms with Crippen LogP contribution in [-0.4, -0.2) is 83.7 Å². The van der Waals surface area contributed by atoms with Crippen molar-refractivity contribution in [3.63, 3.8) is 0 Å². The van der Waals surface area contributed by atoms with Gasteiger partial charge in [-0.1, -0.05) is 19.6 Å². The maximum Gasteiger partial charge on any atom is 0.193 e. The van der Waals surface area contributed by atoms with Crippen molar-refractivity contribution in [3.05, 3.63) is 23.8 Å². The van der Waals surface area contributed by atoms with E-state index in [0.717, 1.165) is 0 Å². The molecule has 3 aliphatic carbocycles. The summed E-state index contributed by atoms with van der Waals surface area (Å²) >= 11 is 0. The molecule has 1 heterocycles. The van der Waals surface area contributed by atoms with E-state index in [4.69, 9.17) is 4.74 Å². The summed E-state index contributed by atoms with van der Waals surface area (Å²) in [6, 6.07) is 0. The van der Waals surface area contributed by atoms with Crippen molar-refractivity contribution >= 4 is 5.78 Å². The molecule has 0 aromatic carbocycles. The first-order valence-electron chi connectivity index (χ1n) is 9.54. The summed E-state index contributed by atoms with van der Waals surface area (Å²) in [7, 11) is 0. The van der Waals surface area contributed by atoms with Crippen LogP contribution in [0.25, 0.3) is 0 Å². The number of carbonyl (C=O) groups excluding carboxylic acids is 1. The Morgan fingerprint density at radius 3 is 2.46 bits per heavy atom. The second-order valence-electron chi connectivity index (χ2n) is 9.20. The number of hydrogen-bond acceptors (Lipinski definition) is 8. The molecular formula is C20H28O8. The van der Waals surface area contributed by atoms with E-state index in [2.05, 4.69) is 6.58 Å². The lowest BCUT2D eigenvalue weighted by atomic mass is 9.54. The lowest BCUT2D eigenvalue weighted by Crippen LogP contribution is -2.70. The zero-order chi connectivity index (χ0) is 21.0. The molecule has 0 amide bonds. The number of ether oxygens (including phenoxy) is 1. The van der Waals surface area contributed by atoms with Crippen molar-refractivity contribution in [3.8, 4) is 0 Å². The lowest BCUT2D eigenvalue weighted by molar-refractivity contribution is -0.247. The van der Waals surface area contributed by atoms with Gasteiger partial charge in [-0.25, -0.2) is 0 Å². The summed E-state index contributed by atoms with van der Waals surface area (Å²) in [6.45, 7) is 7.74. The van der Waals surface area contributed by atoms with Gasteiger partial charge in [0.1, 0.15) is 23.4 Å². The zero-order valence-electron chi connectivity index (χ0n) is 16.2. The molecule has 8 nitrogen and oxygen atoms in total. The summed E-state index contributed by atoms with van der Waals surface area (Å²) in [5.74, 6) is -3.84. The number of hydrogen-bond donors (Lipinski definition) is 6. The first-order valence-corrected chi connectivity index (χ1v) is 9.54. The molecule has 4 rings (SSSR count). The highest BCUT2D eigenvalue weighted by Crippen LogP contribution is 2.65. The van der Waals surface area contributed by atoms with E-state index in [1.165, 1.54) is 13.0 Å². The SMILES string of the molecule is C=C(C)C1(O)CC(C)C2(O)C(C1O)C1OC1(CO)C(O)C1(O)C(=O)C(C)=CC12. The maximum absolute atomic E-state index is 12.8. The molecular weight excluding hydrogens is 368 g/mol. The number of fused-ring (bicyclic) bond motifs is 5. The average Bonchev–Trinajstić information content (AvgIpc) is 3.32. The Kier molecular flexibility index (Phi) is 3.97. The minimum absolute atomic E-state index is 0.0565. The van der Waals surface area contributed by atoms with E-state index in [-0.39, 0.29) is 12.0 Å².